The maximum atomic E-state index is 2.37. The molecule has 4 fully saturated rings. The van der Waals surface area contributed by atoms with Gasteiger partial charge in [-0.1, -0.05) is 48.5 Å². The van der Waals surface area contributed by atoms with Gasteiger partial charge in [0.15, 0.2) is 0 Å². The molecule has 18 heavy (non-hydrogen) atoms. The first-order valence-corrected chi connectivity index (χ1v) is 7.71. The van der Waals surface area contributed by atoms with Gasteiger partial charge in [-0.2, -0.15) is 0 Å². The fraction of sp³-hybridized carbons (Fsp3) is 1.00. The molecule has 110 valence electrons. The van der Waals surface area contributed by atoms with Crippen LogP contribution in [-0.2, 0) is 0 Å². The molecule has 4 saturated carbocycles. The van der Waals surface area contributed by atoms with E-state index in [0.717, 1.165) is 23.2 Å². The molecule has 0 spiro atoms. The average Bonchev–Trinajstić information content (AvgIpc) is 2.15. The lowest BCUT2D eigenvalue weighted by molar-refractivity contribution is -0.0574. The molecule has 4 rings (SSSR count). The van der Waals surface area contributed by atoms with E-state index in [1.807, 2.05) is 0 Å². The molecule has 0 aliphatic heterocycles. The second-order valence-corrected chi connectivity index (χ2v) is 6.87. The van der Waals surface area contributed by atoms with Crippen molar-refractivity contribution in [2.45, 2.75) is 93.4 Å². The minimum Gasteiger partial charge on any atom is -0.0776 e. The molecule has 0 nitrogen and oxygen atoms in total. The SMILES string of the molecule is C.C.CCC.CCCC12CC3CC(CC(C3)C1)C2. The lowest BCUT2D eigenvalue weighted by Crippen LogP contribution is -2.45. The monoisotopic (exact) mass is 254 g/mol. The van der Waals surface area contributed by atoms with Gasteiger partial charge in [-0.25, -0.2) is 0 Å². The Hall–Kier alpha value is 0. The maximum Gasteiger partial charge on any atom is -0.0290 e. The number of hydrogen-bond donors (Lipinski definition) is 0. The Balaban J connectivity index is 0.000000533. The molecule has 4 aliphatic rings. The molecule has 0 aromatic carbocycles. The van der Waals surface area contributed by atoms with Crippen LogP contribution in [0.2, 0.25) is 0 Å². The van der Waals surface area contributed by atoms with E-state index in [1.54, 1.807) is 38.5 Å². The summed E-state index contributed by atoms with van der Waals surface area (Å²) < 4.78 is 0. The highest BCUT2D eigenvalue weighted by Crippen LogP contribution is 2.61. The van der Waals surface area contributed by atoms with Crippen molar-refractivity contribution >= 4 is 0 Å². The summed E-state index contributed by atoms with van der Waals surface area (Å²) in [5.74, 6) is 3.45. The zero-order valence-electron chi connectivity index (χ0n) is 11.6. The Bertz CT molecular complexity index is 181. The van der Waals surface area contributed by atoms with Gasteiger partial charge < -0.3 is 0 Å². The molecule has 0 atom stereocenters. The molecule has 0 aromatic heterocycles. The lowest BCUT2D eigenvalue weighted by atomic mass is 9.49. The average molecular weight is 255 g/mol. The highest BCUT2D eigenvalue weighted by Gasteiger charge is 2.49. The van der Waals surface area contributed by atoms with Crippen molar-refractivity contribution in [2.24, 2.45) is 23.2 Å². The first-order valence-electron chi connectivity index (χ1n) is 7.71. The minimum absolute atomic E-state index is 0. The minimum atomic E-state index is 0. The third-order valence-corrected chi connectivity index (χ3v) is 4.95. The Morgan fingerprint density at radius 1 is 0.778 bits per heavy atom. The summed E-state index contributed by atoms with van der Waals surface area (Å²) in [6.07, 6.45) is 13.8. The van der Waals surface area contributed by atoms with Gasteiger partial charge in [-0.15, -0.1) is 0 Å². The van der Waals surface area contributed by atoms with Crippen molar-refractivity contribution in [1.82, 2.24) is 0 Å². The summed E-state index contributed by atoms with van der Waals surface area (Å²) >= 11 is 0. The topological polar surface area (TPSA) is 0 Å². The van der Waals surface area contributed by atoms with Gasteiger partial charge in [-0.3, -0.25) is 0 Å². The highest BCUT2D eigenvalue weighted by atomic mass is 14.5. The van der Waals surface area contributed by atoms with Crippen molar-refractivity contribution in [3.8, 4) is 0 Å². The van der Waals surface area contributed by atoms with E-state index in [0.29, 0.717) is 0 Å². The van der Waals surface area contributed by atoms with Gasteiger partial charge in [0.1, 0.15) is 0 Å². The van der Waals surface area contributed by atoms with E-state index in [9.17, 15) is 0 Å². The first kappa shape index (κ1) is 18.0. The molecule has 0 radical (unpaired) electrons. The van der Waals surface area contributed by atoms with Crippen molar-refractivity contribution in [3.63, 3.8) is 0 Å². The van der Waals surface area contributed by atoms with Crippen molar-refractivity contribution < 1.29 is 0 Å². The van der Waals surface area contributed by atoms with Gasteiger partial charge >= 0.3 is 0 Å². The molecule has 0 heteroatoms. The Labute approximate surface area is 117 Å². The summed E-state index contributed by atoms with van der Waals surface area (Å²) in [7, 11) is 0. The van der Waals surface area contributed by atoms with Crippen LogP contribution in [0.4, 0.5) is 0 Å². The van der Waals surface area contributed by atoms with E-state index in [-0.39, 0.29) is 14.9 Å². The molecular formula is C18H38. The summed E-state index contributed by atoms with van der Waals surface area (Å²) in [5, 5.41) is 0. The van der Waals surface area contributed by atoms with Gasteiger partial charge in [0.05, 0.1) is 0 Å². The van der Waals surface area contributed by atoms with Crippen LogP contribution in [-0.4, -0.2) is 0 Å². The van der Waals surface area contributed by atoms with E-state index in [1.165, 1.54) is 19.3 Å². The second-order valence-electron chi connectivity index (χ2n) is 6.87. The van der Waals surface area contributed by atoms with Crippen molar-refractivity contribution in [1.29, 1.82) is 0 Å². The molecule has 0 heterocycles. The van der Waals surface area contributed by atoms with Crippen LogP contribution in [0.1, 0.15) is 93.4 Å². The summed E-state index contributed by atoms with van der Waals surface area (Å²) in [5.41, 5.74) is 0.851. The van der Waals surface area contributed by atoms with Crippen LogP contribution < -0.4 is 0 Å². The summed E-state index contributed by atoms with van der Waals surface area (Å²) in [6, 6.07) is 0. The van der Waals surface area contributed by atoms with Crippen molar-refractivity contribution in [2.75, 3.05) is 0 Å². The quantitative estimate of drug-likeness (QED) is 0.515. The fourth-order valence-corrected chi connectivity index (χ4v) is 5.13. The van der Waals surface area contributed by atoms with E-state index in [4.69, 9.17) is 0 Å². The van der Waals surface area contributed by atoms with Gasteiger partial charge in [0, 0.05) is 0 Å². The number of rotatable bonds is 2. The van der Waals surface area contributed by atoms with E-state index >= 15 is 0 Å². The van der Waals surface area contributed by atoms with E-state index < -0.39 is 0 Å². The van der Waals surface area contributed by atoms with Crippen LogP contribution in [0.25, 0.3) is 0 Å². The Morgan fingerprint density at radius 3 is 1.39 bits per heavy atom. The molecule has 4 aliphatic carbocycles. The normalized spacial score (nSPS) is 39.2. The summed E-state index contributed by atoms with van der Waals surface area (Å²) in [6.45, 7) is 6.62. The van der Waals surface area contributed by atoms with Crippen LogP contribution in [0.3, 0.4) is 0 Å². The highest BCUT2D eigenvalue weighted by molar-refractivity contribution is 5.00. The van der Waals surface area contributed by atoms with Crippen LogP contribution in [0.5, 0.6) is 0 Å². The summed E-state index contributed by atoms with van der Waals surface area (Å²) in [4.78, 5) is 0. The molecule has 0 aromatic rings. The third kappa shape index (κ3) is 3.75. The molecule has 0 unspecified atom stereocenters. The zero-order valence-corrected chi connectivity index (χ0v) is 11.6. The second kappa shape index (κ2) is 7.56. The largest absolute Gasteiger partial charge is 0.0776 e. The van der Waals surface area contributed by atoms with Gasteiger partial charge in [-0.05, 0) is 68.1 Å². The molecule has 0 amide bonds. The maximum absolute atomic E-state index is 2.37. The molecule has 0 saturated heterocycles. The van der Waals surface area contributed by atoms with Crippen LogP contribution in [0, 0.1) is 23.2 Å². The van der Waals surface area contributed by atoms with Gasteiger partial charge in [0.25, 0.3) is 0 Å². The zero-order chi connectivity index (χ0) is 11.6. The smallest absolute Gasteiger partial charge is 0.0290 e. The first-order chi connectivity index (χ1) is 7.71. The van der Waals surface area contributed by atoms with E-state index in [2.05, 4.69) is 20.8 Å². The Morgan fingerprint density at radius 2 is 1.11 bits per heavy atom. The molecule has 0 N–H and O–H groups in total. The fourth-order valence-electron chi connectivity index (χ4n) is 5.13. The molecule has 4 bridgehead atoms. The standard InChI is InChI=1S/C13H22.C3H8.2CH4/c1-2-3-13-7-10-4-11(8-13)6-12(5-10)9-13;1-3-2;;/h10-12H,2-9H2,1H3;3H2,1-2H3;2*1H4. The van der Waals surface area contributed by atoms with Gasteiger partial charge in [0.2, 0.25) is 0 Å². The van der Waals surface area contributed by atoms with Crippen LogP contribution >= 0.6 is 0 Å². The Kier molecular flexibility index (Phi) is 7.56. The van der Waals surface area contributed by atoms with Crippen molar-refractivity contribution in [3.05, 3.63) is 0 Å². The third-order valence-electron chi connectivity index (χ3n) is 4.95. The van der Waals surface area contributed by atoms with Crippen LogP contribution in [0.15, 0.2) is 0 Å². The predicted molar refractivity (Wildman–Crippen MR) is 84.9 cm³/mol. The lowest BCUT2D eigenvalue weighted by Gasteiger charge is -2.57. The molecular weight excluding hydrogens is 216 g/mol. The predicted octanol–water partition coefficient (Wildman–Crippen LogP) is 6.69. The number of hydrogen-bond acceptors (Lipinski definition) is 0.